The molecule has 0 bridgehead atoms. The third-order valence-electron chi connectivity index (χ3n) is 1.99. The monoisotopic (exact) mass is 209 g/mol. The van der Waals surface area contributed by atoms with Crippen LogP contribution in [0.15, 0.2) is 30.4 Å². The molecule has 14 heavy (non-hydrogen) atoms. The normalized spacial score (nSPS) is 10.2. The van der Waals surface area contributed by atoms with E-state index in [0.29, 0.717) is 0 Å². The maximum atomic E-state index is 6.01. The third kappa shape index (κ3) is 3.52. The number of aryl methyl sites for hydroxylation is 1. The van der Waals surface area contributed by atoms with Crippen LogP contribution in [0.2, 0.25) is 5.02 Å². The van der Waals surface area contributed by atoms with Crippen LogP contribution < -0.4 is 5.32 Å². The molecule has 0 atom stereocenters. The Labute approximate surface area is 90.8 Å². The van der Waals surface area contributed by atoms with Crippen LogP contribution in [0.3, 0.4) is 0 Å². The lowest BCUT2D eigenvalue weighted by Crippen LogP contribution is -2.15. The largest absolute Gasteiger partial charge is 0.309 e. The molecular formula is C12H16ClN. The molecule has 0 aliphatic carbocycles. The number of halogens is 1. The number of hydrogen-bond donors (Lipinski definition) is 1. The highest BCUT2D eigenvalue weighted by Crippen LogP contribution is 2.16. The SMILES string of the molecule is C=C(C)CNCc1ccc(C)c(Cl)c1. The van der Waals surface area contributed by atoms with Crippen LogP contribution in [-0.2, 0) is 6.54 Å². The van der Waals surface area contributed by atoms with E-state index in [1.54, 1.807) is 0 Å². The molecule has 0 radical (unpaired) electrons. The Morgan fingerprint density at radius 1 is 1.50 bits per heavy atom. The molecule has 2 heteroatoms. The predicted molar refractivity (Wildman–Crippen MR) is 62.7 cm³/mol. The van der Waals surface area contributed by atoms with Gasteiger partial charge in [-0.05, 0) is 31.0 Å². The first kappa shape index (κ1) is 11.3. The number of nitrogens with one attached hydrogen (secondary N) is 1. The summed E-state index contributed by atoms with van der Waals surface area (Å²) in [6.45, 7) is 9.54. The van der Waals surface area contributed by atoms with E-state index in [4.69, 9.17) is 11.6 Å². The molecule has 0 unspecified atom stereocenters. The summed E-state index contributed by atoms with van der Waals surface area (Å²) in [5.74, 6) is 0. The summed E-state index contributed by atoms with van der Waals surface area (Å²) in [4.78, 5) is 0. The molecule has 1 rings (SSSR count). The topological polar surface area (TPSA) is 12.0 Å². The van der Waals surface area contributed by atoms with E-state index >= 15 is 0 Å². The van der Waals surface area contributed by atoms with Crippen LogP contribution in [0, 0.1) is 6.92 Å². The number of rotatable bonds is 4. The van der Waals surface area contributed by atoms with Gasteiger partial charge in [-0.2, -0.15) is 0 Å². The van der Waals surface area contributed by atoms with Gasteiger partial charge in [0.15, 0.2) is 0 Å². The van der Waals surface area contributed by atoms with Crippen molar-refractivity contribution in [2.75, 3.05) is 6.54 Å². The van der Waals surface area contributed by atoms with Gasteiger partial charge >= 0.3 is 0 Å². The summed E-state index contributed by atoms with van der Waals surface area (Å²) in [6.07, 6.45) is 0. The fourth-order valence-electron chi connectivity index (χ4n) is 1.17. The fraction of sp³-hybridized carbons (Fsp3) is 0.333. The van der Waals surface area contributed by atoms with Crippen molar-refractivity contribution in [3.8, 4) is 0 Å². The highest BCUT2D eigenvalue weighted by atomic mass is 35.5. The van der Waals surface area contributed by atoms with Crippen molar-refractivity contribution < 1.29 is 0 Å². The van der Waals surface area contributed by atoms with E-state index in [1.807, 2.05) is 26.0 Å². The summed E-state index contributed by atoms with van der Waals surface area (Å²) < 4.78 is 0. The second-order valence-electron chi connectivity index (χ2n) is 3.64. The molecule has 1 N–H and O–H groups in total. The number of benzene rings is 1. The van der Waals surface area contributed by atoms with Gasteiger partial charge in [0.1, 0.15) is 0 Å². The molecular weight excluding hydrogens is 194 g/mol. The van der Waals surface area contributed by atoms with Crippen molar-refractivity contribution in [1.29, 1.82) is 0 Å². The van der Waals surface area contributed by atoms with Crippen molar-refractivity contribution in [2.24, 2.45) is 0 Å². The quantitative estimate of drug-likeness (QED) is 0.751. The van der Waals surface area contributed by atoms with Crippen molar-refractivity contribution in [1.82, 2.24) is 5.32 Å². The Kier molecular flexibility index (Phi) is 4.18. The van der Waals surface area contributed by atoms with E-state index in [0.717, 1.165) is 29.2 Å². The van der Waals surface area contributed by atoms with Gasteiger partial charge in [0.05, 0.1) is 0 Å². The summed E-state index contributed by atoms with van der Waals surface area (Å²) in [6, 6.07) is 6.13. The van der Waals surface area contributed by atoms with Crippen molar-refractivity contribution in [3.05, 3.63) is 46.5 Å². The molecule has 0 saturated heterocycles. The second-order valence-corrected chi connectivity index (χ2v) is 4.05. The third-order valence-corrected chi connectivity index (χ3v) is 2.40. The van der Waals surface area contributed by atoms with Gasteiger partial charge in [-0.25, -0.2) is 0 Å². The first-order chi connectivity index (χ1) is 6.59. The highest BCUT2D eigenvalue weighted by molar-refractivity contribution is 6.31. The standard InChI is InChI=1S/C12H16ClN/c1-9(2)7-14-8-11-5-4-10(3)12(13)6-11/h4-6,14H,1,7-8H2,2-3H3. The Morgan fingerprint density at radius 2 is 2.21 bits per heavy atom. The van der Waals surface area contributed by atoms with Gasteiger partial charge < -0.3 is 5.32 Å². The molecule has 0 spiro atoms. The van der Waals surface area contributed by atoms with Crippen molar-refractivity contribution in [3.63, 3.8) is 0 Å². The smallest absolute Gasteiger partial charge is 0.0438 e. The lowest BCUT2D eigenvalue weighted by atomic mass is 10.1. The molecule has 0 heterocycles. The molecule has 76 valence electrons. The van der Waals surface area contributed by atoms with Gasteiger partial charge in [-0.3, -0.25) is 0 Å². The fourth-order valence-corrected chi connectivity index (χ4v) is 1.37. The maximum Gasteiger partial charge on any atom is 0.0438 e. The Hall–Kier alpha value is -0.790. The van der Waals surface area contributed by atoms with E-state index < -0.39 is 0 Å². The average molecular weight is 210 g/mol. The Balaban J connectivity index is 2.51. The van der Waals surface area contributed by atoms with Crippen LogP contribution >= 0.6 is 11.6 Å². The molecule has 1 nitrogen and oxygen atoms in total. The summed E-state index contributed by atoms with van der Waals surface area (Å²) >= 11 is 6.01. The molecule has 0 aliphatic rings. The molecule has 0 aliphatic heterocycles. The van der Waals surface area contributed by atoms with Gasteiger partial charge in [0, 0.05) is 18.1 Å². The van der Waals surface area contributed by atoms with Crippen molar-refractivity contribution in [2.45, 2.75) is 20.4 Å². The molecule has 0 fully saturated rings. The molecule has 0 aromatic heterocycles. The molecule has 0 amide bonds. The van der Waals surface area contributed by atoms with Gasteiger partial charge in [0.25, 0.3) is 0 Å². The predicted octanol–water partition coefficient (Wildman–Crippen LogP) is 3.31. The van der Waals surface area contributed by atoms with Gasteiger partial charge in [0.2, 0.25) is 0 Å². The Morgan fingerprint density at radius 3 is 2.79 bits per heavy atom. The van der Waals surface area contributed by atoms with Crippen LogP contribution in [0.5, 0.6) is 0 Å². The van der Waals surface area contributed by atoms with Crippen molar-refractivity contribution >= 4 is 11.6 Å². The van der Waals surface area contributed by atoms with Crippen LogP contribution in [0.4, 0.5) is 0 Å². The zero-order valence-corrected chi connectivity index (χ0v) is 9.49. The molecule has 0 saturated carbocycles. The highest BCUT2D eigenvalue weighted by Gasteiger charge is 1.97. The minimum absolute atomic E-state index is 0.833. The summed E-state index contributed by atoms with van der Waals surface area (Å²) in [5.41, 5.74) is 3.47. The molecule has 1 aromatic rings. The van der Waals surface area contributed by atoms with Crippen LogP contribution in [-0.4, -0.2) is 6.54 Å². The van der Waals surface area contributed by atoms with E-state index in [-0.39, 0.29) is 0 Å². The maximum absolute atomic E-state index is 6.01. The van der Waals surface area contributed by atoms with Gasteiger partial charge in [-0.15, -0.1) is 0 Å². The average Bonchev–Trinajstić information content (AvgIpc) is 2.10. The summed E-state index contributed by atoms with van der Waals surface area (Å²) in [5, 5.41) is 4.12. The minimum Gasteiger partial charge on any atom is -0.309 e. The summed E-state index contributed by atoms with van der Waals surface area (Å²) in [7, 11) is 0. The lowest BCUT2D eigenvalue weighted by Gasteiger charge is -2.06. The van der Waals surface area contributed by atoms with Crippen LogP contribution in [0.25, 0.3) is 0 Å². The van der Waals surface area contributed by atoms with E-state index in [9.17, 15) is 0 Å². The second kappa shape index (κ2) is 5.18. The number of hydrogen-bond acceptors (Lipinski definition) is 1. The molecule has 1 aromatic carbocycles. The van der Waals surface area contributed by atoms with Crippen LogP contribution in [0.1, 0.15) is 18.1 Å². The zero-order valence-electron chi connectivity index (χ0n) is 8.73. The lowest BCUT2D eigenvalue weighted by molar-refractivity contribution is 0.741. The first-order valence-corrected chi connectivity index (χ1v) is 5.07. The minimum atomic E-state index is 0.833. The zero-order chi connectivity index (χ0) is 10.6. The van der Waals surface area contributed by atoms with Gasteiger partial charge in [-0.1, -0.05) is 35.9 Å². The Bertz CT molecular complexity index is 331. The van der Waals surface area contributed by atoms with E-state index in [2.05, 4.69) is 18.0 Å². The van der Waals surface area contributed by atoms with E-state index in [1.165, 1.54) is 5.56 Å². The first-order valence-electron chi connectivity index (χ1n) is 4.69.